The first-order valence-corrected chi connectivity index (χ1v) is 13.9. The molecule has 0 bridgehead atoms. The Morgan fingerprint density at radius 2 is 1.88 bits per heavy atom. The van der Waals surface area contributed by atoms with Crippen LogP contribution in [0, 0.1) is 0 Å². The molecule has 2 amide bonds. The minimum atomic E-state index is -0.181. The molecule has 0 fully saturated rings. The second-order valence-corrected chi connectivity index (χ2v) is 10.7. The molecule has 0 unspecified atom stereocenters. The molecular formula is C32H27N5O3S. The maximum Gasteiger partial charge on any atom is 0.261 e. The molecule has 9 heteroatoms. The molecule has 6 rings (SSSR count). The third-order valence-electron chi connectivity index (χ3n) is 6.95. The van der Waals surface area contributed by atoms with Crippen LogP contribution in [0.1, 0.15) is 31.4 Å². The quantitative estimate of drug-likeness (QED) is 0.247. The lowest BCUT2D eigenvalue weighted by Crippen LogP contribution is -2.31. The van der Waals surface area contributed by atoms with Crippen molar-refractivity contribution in [1.29, 1.82) is 0 Å². The van der Waals surface area contributed by atoms with Crippen LogP contribution in [-0.4, -0.2) is 33.5 Å². The fourth-order valence-electron chi connectivity index (χ4n) is 4.75. The molecular weight excluding hydrogens is 534 g/mol. The van der Waals surface area contributed by atoms with Gasteiger partial charge in [0.2, 0.25) is 0 Å². The molecule has 8 nitrogen and oxygen atoms in total. The Morgan fingerprint density at radius 3 is 2.68 bits per heavy atom. The lowest BCUT2D eigenvalue weighted by molar-refractivity contribution is 0.0953. The van der Waals surface area contributed by atoms with Crippen LogP contribution < -0.4 is 15.0 Å². The van der Waals surface area contributed by atoms with E-state index in [1.54, 1.807) is 42.6 Å². The number of ether oxygens (including phenoxy) is 1. The third-order valence-corrected chi connectivity index (χ3v) is 8.07. The van der Waals surface area contributed by atoms with Crippen molar-refractivity contribution in [3.8, 4) is 5.75 Å². The Hall–Kier alpha value is -5.02. The highest BCUT2D eigenvalue weighted by atomic mass is 32.1. The number of amides is 2. The normalized spacial score (nSPS) is 11.1. The van der Waals surface area contributed by atoms with Crippen LogP contribution in [0.3, 0.4) is 0 Å². The standard InChI is InChI=1S/C32H27N5O3S/c1-36-27-11-4-3-10-26(27)35-30(36)20-37(32(39)22-8-5-9-25(16-22)40-2)24-12-13-28-23(15-24)17-29(41-28)31(38)34-19-21-7-6-14-33-18-21/h3-18H,19-20H2,1-2H3,(H,34,38). The monoisotopic (exact) mass is 561 g/mol. The van der Waals surface area contributed by atoms with Crippen molar-refractivity contribution in [2.24, 2.45) is 7.05 Å². The molecule has 6 aromatic rings. The highest BCUT2D eigenvalue weighted by Gasteiger charge is 2.22. The summed E-state index contributed by atoms with van der Waals surface area (Å²) in [5.74, 6) is 1.03. The Kier molecular flexibility index (Phi) is 7.18. The average Bonchev–Trinajstić information content (AvgIpc) is 3.59. The van der Waals surface area contributed by atoms with Gasteiger partial charge in [-0.05, 0) is 71.6 Å². The number of carbonyl (C=O) groups excluding carboxylic acids is 2. The molecule has 3 heterocycles. The molecule has 1 N–H and O–H groups in total. The van der Waals surface area contributed by atoms with E-state index in [1.165, 1.54) is 11.3 Å². The molecule has 0 aliphatic heterocycles. The zero-order valence-electron chi connectivity index (χ0n) is 22.6. The summed E-state index contributed by atoms with van der Waals surface area (Å²) in [6.07, 6.45) is 3.43. The van der Waals surface area contributed by atoms with Gasteiger partial charge in [-0.1, -0.05) is 24.3 Å². The van der Waals surface area contributed by atoms with Gasteiger partial charge in [0.15, 0.2) is 0 Å². The molecule has 204 valence electrons. The number of nitrogens with one attached hydrogen (secondary N) is 1. The molecule has 0 aliphatic rings. The molecule has 0 radical (unpaired) electrons. The maximum absolute atomic E-state index is 14.0. The lowest BCUT2D eigenvalue weighted by Gasteiger charge is -2.23. The van der Waals surface area contributed by atoms with Crippen LogP contribution in [0.4, 0.5) is 5.69 Å². The Balaban J connectivity index is 1.34. The number of carbonyl (C=O) groups is 2. The third kappa shape index (κ3) is 5.39. The molecule has 3 aromatic carbocycles. The average molecular weight is 562 g/mol. The minimum Gasteiger partial charge on any atom is -0.497 e. The van der Waals surface area contributed by atoms with E-state index in [4.69, 9.17) is 9.72 Å². The Bertz CT molecular complexity index is 1880. The maximum atomic E-state index is 14.0. The molecule has 0 aliphatic carbocycles. The van der Waals surface area contributed by atoms with Crippen LogP contribution in [-0.2, 0) is 20.1 Å². The molecule has 0 saturated heterocycles. The summed E-state index contributed by atoms with van der Waals surface area (Å²) >= 11 is 1.42. The fraction of sp³-hybridized carbons (Fsp3) is 0.125. The predicted molar refractivity (Wildman–Crippen MR) is 161 cm³/mol. The zero-order chi connectivity index (χ0) is 28.3. The smallest absolute Gasteiger partial charge is 0.261 e. The van der Waals surface area contributed by atoms with Crippen molar-refractivity contribution in [1.82, 2.24) is 19.9 Å². The number of pyridine rings is 1. The number of fused-ring (bicyclic) bond motifs is 2. The van der Waals surface area contributed by atoms with Gasteiger partial charge in [0.05, 0.1) is 29.6 Å². The number of imidazole rings is 1. The summed E-state index contributed by atoms with van der Waals surface area (Å²) in [4.78, 5) is 38.1. The number of hydrogen-bond donors (Lipinski definition) is 1. The number of methoxy groups -OCH3 is 1. The summed E-state index contributed by atoms with van der Waals surface area (Å²) < 4.78 is 8.34. The number of rotatable bonds is 8. The van der Waals surface area contributed by atoms with Crippen molar-refractivity contribution in [3.05, 3.63) is 119 Å². The Morgan fingerprint density at radius 1 is 1.00 bits per heavy atom. The summed E-state index contributed by atoms with van der Waals surface area (Å²) in [5, 5.41) is 3.84. The summed E-state index contributed by atoms with van der Waals surface area (Å²) in [5.41, 5.74) is 4.00. The fourth-order valence-corrected chi connectivity index (χ4v) is 5.71. The first-order chi connectivity index (χ1) is 20.0. The largest absolute Gasteiger partial charge is 0.497 e. The van der Waals surface area contributed by atoms with E-state index in [-0.39, 0.29) is 18.4 Å². The van der Waals surface area contributed by atoms with Crippen LogP contribution in [0.2, 0.25) is 0 Å². The van der Waals surface area contributed by atoms with Gasteiger partial charge < -0.3 is 19.5 Å². The van der Waals surface area contributed by atoms with E-state index in [9.17, 15) is 9.59 Å². The van der Waals surface area contributed by atoms with Crippen LogP contribution in [0.5, 0.6) is 5.75 Å². The van der Waals surface area contributed by atoms with Gasteiger partial charge >= 0.3 is 0 Å². The van der Waals surface area contributed by atoms with Crippen molar-refractivity contribution in [3.63, 3.8) is 0 Å². The number of benzene rings is 3. The number of para-hydroxylation sites is 2. The number of hydrogen-bond acceptors (Lipinski definition) is 6. The number of nitrogens with zero attached hydrogens (tertiary/aromatic N) is 4. The van der Waals surface area contributed by atoms with E-state index in [0.29, 0.717) is 28.4 Å². The lowest BCUT2D eigenvalue weighted by atomic mass is 10.1. The Labute approximate surface area is 240 Å². The van der Waals surface area contributed by atoms with E-state index in [0.717, 1.165) is 32.5 Å². The number of thiophene rings is 1. The molecule has 41 heavy (non-hydrogen) atoms. The summed E-state index contributed by atoms with van der Waals surface area (Å²) in [6.45, 7) is 0.655. The van der Waals surface area contributed by atoms with Crippen molar-refractivity contribution >= 4 is 50.0 Å². The molecule has 0 atom stereocenters. The minimum absolute atomic E-state index is 0.152. The van der Waals surface area contributed by atoms with Crippen molar-refractivity contribution in [2.45, 2.75) is 13.1 Å². The molecule has 0 spiro atoms. The molecule has 3 aromatic heterocycles. The van der Waals surface area contributed by atoms with Gasteiger partial charge in [-0.25, -0.2) is 4.98 Å². The number of anilines is 1. The van der Waals surface area contributed by atoms with Crippen LogP contribution in [0.15, 0.2) is 97.3 Å². The van der Waals surface area contributed by atoms with E-state index in [1.807, 2.05) is 78.3 Å². The first kappa shape index (κ1) is 26.2. The van der Waals surface area contributed by atoms with Gasteiger partial charge in [-0.2, -0.15) is 0 Å². The topological polar surface area (TPSA) is 89.4 Å². The van der Waals surface area contributed by atoms with Crippen LogP contribution >= 0.6 is 11.3 Å². The second-order valence-electron chi connectivity index (χ2n) is 9.58. The summed E-state index contributed by atoms with van der Waals surface area (Å²) in [6, 6.07) is 26.5. The second kappa shape index (κ2) is 11.2. The van der Waals surface area contributed by atoms with Gasteiger partial charge in [-0.3, -0.25) is 14.6 Å². The van der Waals surface area contributed by atoms with E-state index >= 15 is 0 Å². The molecule has 0 saturated carbocycles. The van der Waals surface area contributed by atoms with Gasteiger partial charge in [-0.15, -0.1) is 11.3 Å². The van der Waals surface area contributed by atoms with E-state index < -0.39 is 0 Å². The highest BCUT2D eigenvalue weighted by Crippen LogP contribution is 2.31. The highest BCUT2D eigenvalue weighted by molar-refractivity contribution is 7.20. The van der Waals surface area contributed by atoms with Crippen molar-refractivity contribution in [2.75, 3.05) is 12.0 Å². The van der Waals surface area contributed by atoms with Crippen molar-refractivity contribution < 1.29 is 14.3 Å². The van der Waals surface area contributed by atoms with Gasteiger partial charge in [0.25, 0.3) is 11.8 Å². The number of aromatic nitrogens is 3. The predicted octanol–water partition coefficient (Wildman–Crippen LogP) is 5.97. The number of aryl methyl sites for hydroxylation is 1. The zero-order valence-corrected chi connectivity index (χ0v) is 23.4. The van der Waals surface area contributed by atoms with Crippen LogP contribution in [0.25, 0.3) is 21.1 Å². The van der Waals surface area contributed by atoms with Gasteiger partial charge in [0, 0.05) is 41.9 Å². The summed E-state index contributed by atoms with van der Waals surface area (Å²) in [7, 11) is 3.53. The SMILES string of the molecule is COc1cccc(C(=O)N(Cc2nc3ccccc3n2C)c2ccc3sc(C(=O)NCc4cccnc4)cc3c2)c1. The van der Waals surface area contributed by atoms with Gasteiger partial charge in [0.1, 0.15) is 11.6 Å². The first-order valence-electron chi connectivity index (χ1n) is 13.1. The van der Waals surface area contributed by atoms with E-state index in [2.05, 4.69) is 10.3 Å².